The molecule has 1 fully saturated rings. The van der Waals surface area contributed by atoms with Crippen molar-refractivity contribution in [1.82, 2.24) is 0 Å². The van der Waals surface area contributed by atoms with Crippen LogP contribution in [0, 0.1) is 16.0 Å². The summed E-state index contributed by atoms with van der Waals surface area (Å²) in [5.74, 6) is 3.05. The van der Waals surface area contributed by atoms with E-state index in [4.69, 9.17) is 4.42 Å². The predicted octanol–water partition coefficient (Wildman–Crippen LogP) is 4.69. The van der Waals surface area contributed by atoms with Crippen molar-refractivity contribution in [2.45, 2.75) is 25.8 Å². The van der Waals surface area contributed by atoms with Crippen LogP contribution in [0.1, 0.15) is 30.8 Å². The van der Waals surface area contributed by atoms with Gasteiger partial charge in [0.05, 0.1) is 11.5 Å². The maximum absolute atomic E-state index is 11.0. The quantitative estimate of drug-likeness (QED) is 0.627. The zero-order valence-corrected chi connectivity index (χ0v) is 13.1. The van der Waals surface area contributed by atoms with Crippen LogP contribution in [0.4, 0.5) is 11.4 Å². The predicted molar refractivity (Wildman–Crippen MR) is 83.4 cm³/mol. The zero-order valence-electron chi connectivity index (χ0n) is 11.5. The van der Waals surface area contributed by atoms with Gasteiger partial charge in [0.25, 0.3) is 5.69 Å². The Hall–Kier alpha value is -1.82. The summed E-state index contributed by atoms with van der Waals surface area (Å²) in [6.45, 7) is 2.64. The Balaban J connectivity index is 1.70. The van der Waals surface area contributed by atoms with Crippen LogP contribution >= 0.6 is 15.9 Å². The number of benzene rings is 1. The number of rotatable bonds is 5. The monoisotopic (exact) mass is 350 g/mol. The molecule has 110 valence electrons. The fourth-order valence-corrected chi connectivity index (χ4v) is 2.74. The SMILES string of the molecule is CC1CC1c1ccc(CNc2ccc(Br)cc2[N+](=O)[O-])o1. The maximum atomic E-state index is 11.0. The third-order valence-electron chi connectivity index (χ3n) is 3.77. The van der Waals surface area contributed by atoms with Crippen LogP contribution in [0.25, 0.3) is 0 Å². The minimum absolute atomic E-state index is 0.0481. The number of hydrogen-bond donors (Lipinski definition) is 1. The van der Waals surface area contributed by atoms with Crippen molar-refractivity contribution < 1.29 is 9.34 Å². The Morgan fingerprint density at radius 2 is 2.19 bits per heavy atom. The second-order valence-electron chi connectivity index (χ2n) is 5.40. The first-order chi connectivity index (χ1) is 10.0. The highest BCUT2D eigenvalue weighted by Gasteiger charge is 2.36. The van der Waals surface area contributed by atoms with Gasteiger partial charge in [0, 0.05) is 16.5 Å². The molecule has 2 unspecified atom stereocenters. The van der Waals surface area contributed by atoms with Gasteiger partial charge in [-0.1, -0.05) is 22.9 Å². The van der Waals surface area contributed by atoms with Crippen molar-refractivity contribution in [2.75, 3.05) is 5.32 Å². The van der Waals surface area contributed by atoms with E-state index in [0.717, 1.165) is 11.5 Å². The highest BCUT2D eigenvalue weighted by Crippen LogP contribution is 2.47. The molecule has 6 heteroatoms. The number of anilines is 1. The van der Waals surface area contributed by atoms with E-state index < -0.39 is 4.92 Å². The fourth-order valence-electron chi connectivity index (χ4n) is 2.40. The lowest BCUT2D eigenvalue weighted by molar-refractivity contribution is -0.384. The normalized spacial score (nSPS) is 20.3. The van der Waals surface area contributed by atoms with Gasteiger partial charge in [-0.15, -0.1) is 0 Å². The lowest BCUT2D eigenvalue weighted by atomic mass is 10.2. The second kappa shape index (κ2) is 5.52. The fraction of sp³-hybridized carbons (Fsp3) is 0.333. The summed E-state index contributed by atoms with van der Waals surface area (Å²) >= 11 is 3.24. The molecule has 1 aromatic heterocycles. The molecular formula is C15H15BrN2O3. The molecule has 0 bridgehead atoms. The van der Waals surface area contributed by atoms with Gasteiger partial charge >= 0.3 is 0 Å². The van der Waals surface area contributed by atoms with E-state index >= 15 is 0 Å². The Morgan fingerprint density at radius 1 is 1.43 bits per heavy atom. The summed E-state index contributed by atoms with van der Waals surface area (Å²) in [6, 6.07) is 8.88. The standard InChI is InChI=1S/C15H15BrN2O3/c1-9-6-12(9)15-5-3-11(21-15)8-17-13-4-2-10(16)7-14(13)18(19)20/h2-5,7,9,12,17H,6,8H2,1H3. The lowest BCUT2D eigenvalue weighted by Gasteiger charge is -2.05. The van der Waals surface area contributed by atoms with E-state index in [2.05, 4.69) is 28.2 Å². The van der Waals surface area contributed by atoms with Crippen LogP contribution in [-0.2, 0) is 6.54 Å². The number of halogens is 1. The average molecular weight is 351 g/mol. The molecule has 0 amide bonds. The first kappa shape index (κ1) is 14.1. The molecule has 1 saturated carbocycles. The highest BCUT2D eigenvalue weighted by molar-refractivity contribution is 9.10. The molecule has 1 N–H and O–H groups in total. The van der Waals surface area contributed by atoms with Crippen LogP contribution in [0.15, 0.2) is 39.2 Å². The molecule has 0 saturated heterocycles. The highest BCUT2D eigenvalue weighted by atomic mass is 79.9. The molecule has 1 aromatic carbocycles. The van der Waals surface area contributed by atoms with E-state index in [-0.39, 0.29) is 5.69 Å². The summed E-state index contributed by atoms with van der Waals surface area (Å²) in [6.07, 6.45) is 1.18. The van der Waals surface area contributed by atoms with Crippen LogP contribution in [0.3, 0.4) is 0 Å². The van der Waals surface area contributed by atoms with E-state index in [1.807, 2.05) is 12.1 Å². The average Bonchev–Trinajstić information content (AvgIpc) is 3.00. The number of nitro groups is 1. The van der Waals surface area contributed by atoms with E-state index in [9.17, 15) is 10.1 Å². The van der Waals surface area contributed by atoms with Crippen molar-refractivity contribution in [3.63, 3.8) is 0 Å². The van der Waals surface area contributed by atoms with Crippen LogP contribution < -0.4 is 5.32 Å². The van der Waals surface area contributed by atoms with Crippen molar-refractivity contribution in [2.24, 2.45) is 5.92 Å². The van der Waals surface area contributed by atoms with Gasteiger partial charge in [-0.2, -0.15) is 0 Å². The summed E-state index contributed by atoms with van der Waals surface area (Å²) in [4.78, 5) is 10.6. The molecule has 0 radical (unpaired) electrons. The molecule has 21 heavy (non-hydrogen) atoms. The van der Waals surface area contributed by atoms with Crippen LogP contribution in [0.5, 0.6) is 0 Å². The van der Waals surface area contributed by atoms with Crippen molar-refractivity contribution in [3.05, 3.63) is 56.4 Å². The number of nitrogens with one attached hydrogen (secondary N) is 1. The largest absolute Gasteiger partial charge is 0.464 e. The molecule has 0 aliphatic heterocycles. The number of hydrogen-bond acceptors (Lipinski definition) is 4. The third kappa shape index (κ3) is 3.10. The number of furan rings is 1. The number of nitro benzene ring substituents is 1. The molecule has 5 nitrogen and oxygen atoms in total. The first-order valence-corrected chi connectivity index (χ1v) is 7.60. The van der Waals surface area contributed by atoms with E-state index in [1.165, 1.54) is 12.5 Å². The van der Waals surface area contributed by atoms with Gasteiger partial charge in [-0.05, 0) is 36.6 Å². The molecule has 0 spiro atoms. The Bertz CT molecular complexity index is 683. The molecule has 1 heterocycles. The molecule has 2 atom stereocenters. The molecule has 3 rings (SSSR count). The van der Waals surface area contributed by atoms with Gasteiger partial charge in [0.2, 0.25) is 0 Å². The van der Waals surface area contributed by atoms with Crippen LogP contribution in [-0.4, -0.2) is 4.92 Å². The Kier molecular flexibility index (Phi) is 3.71. The van der Waals surface area contributed by atoms with Gasteiger partial charge in [0.1, 0.15) is 17.2 Å². The van der Waals surface area contributed by atoms with E-state index in [1.54, 1.807) is 12.1 Å². The third-order valence-corrected chi connectivity index (χ3v) is 4.26. The van der Waals surface area contributed by atoms with Gasteiger partial charge < -0.3 is 9.73 Å². The first-order valence-electron chi connectivity index (χ1n) is 6.81. The summed E-state index contributed by atoms with van der Waals surface area (Å²) < 4.78 is 6.47. The van der Waals surface area contributed by atoms with E-state index in [0.29, 0.717) is 28.5 Å². The molecule has 2 aromatic rings. The van der Waals surface area contributed by atoms with Crippen molar-refractivity contribution in [1.29, 1.82) is 0 Å². The minimum Gasteiger partial charge on any atom is -0.464 e. The van der Waals surface area contributed by atoms with Crippen LogP contribution in [0.2, 0.25) is 0 Å². The minimum atomic E-state index is -0.396. The Labute approximate surface area is 130 Å². The maximum Gasteiger partial charge on any atom is 0.293 e. The van der Waals surface area contributed by atoms with Crippen molar-refractivity contribution in [3.8, 4) is 0 Å². The smallest absolute Gasteiger partial charge is 0.293 e. The van der Waals surface area contributed by atoms with Gasteiger partial charge in [-0.3, -0.25) is 10.1 Å². The number of nitrogens with zero attached hydrogens (tertiary/aromatic N) is 1. The summed E-state index contributed by atoms with van der Waals surface area (Å²) in [5.41, 5.74) is 0.535. The molecule has 1 aliphatic rings. The van der Waals surface area contributed by atoms with Gasteiger partial charge in [-0.25, -0.2) is 0 Å². The van der Waals surface area contributed by atoms with Gasteiger partial charge in [0.15, 0.2) is 0 Å². The molecular weight excluding hydrogens is 336 g/mol. The lowest BCUT2D eigenvalue weighted by Crippen LogP contribution is -2.01. The summed E-state index contributed by atoms with van der Waals surface area (Å²) in [5, 5.41) is 14.1. The Morgan fingerprint density at radius 3 is 2.86 bits per heavy atom. The zero-order chi connectivity index (χ0) is 15.0. The topological polar surface area (TPSA) is 68.3 Å². The molecule has 1 aliphatic carbocycles. The second-order valence-corrected chi connectivity index (χ2v) is 6.31. The summed E-state index contributed by atoms with van der Waals surface area (Å²) in [7, 11) is 0. The van der Waals surface area contributed by atoms with Crippen molar-refractivity contribution >= 4 is 27.3 Å².